The van der Waals surface area contributed by atoms with Gasteiger partial charge in [-0.2, -0.15) is 0 Å². The lowest BCUT2D eigenvalue weighted by Crippen LogP contribution is -2.69. The molecule has 0 bridgehead atoms. The zero-order valence-corrected chi connectivity index (χ0v) is 30.4. The highest BCUT2D eigenvalue weighted by molar-refractivity contribution is 5.85. The zero-order chi connectivity index (χ0) is 35.6. The maximum atomic E-state index is 13.9. The number of nitrogens with two attached hydrogens (primary N) is 2. The fourth-order valence-corrected chi connectivity index (χ4v) is 6.69. The highest BCUT2D eigenvalue weighted by Gasteiger charge is 2.53. The molecule has 0 aromatic carbocycles. The molecule has 0 radical (unpaired) electrons. The average Bonchev–Trinajstić information content (AvgIpc) is 3.06. The van der Waals surface area contributed by atoms with Gasteiger partial charge in [0.2, 0.25) is 17.7 Å². The molecule has 0 aromatic rings. The van der Waals surface area contributed by atoms with Gasteiger partial charge in [0.1, 0.15) is 12.2 Å². The predicted molar refractivity (Wildman–Crippen MR) is 191 cm³/mol. The van der Waals surface area contributed by atoms with Crippen LogP contribution in [0, 0.1) is 5.92 Å². The van der Waals surface area contributed by atoms with E-state index in [1.807, 2.05) is 0 Å². The summed E-state index contributed by atoms with van der Waals surface area (Å²) in [6.07, 6.45) is 19.1. The fourth-order valence-electron chi connectivity index (χ4n) is 6.69. The van der Waals surface area contributed by atoms with Crippen molar-refractivity contribution in [3.63, 3.8) is 0 Å². The fraction of sp³-hybridized carbons (Fsp3) is 0.919. The molecule has 9 N–H and O–H groups in total. The van der Waals surface area contributed by atoms with Crippen LogP contribution in [0.2, 0.25) is 0 Å². The standard InChI is InChI=1S/C37H72N4O7/c1-3-5-7-9-11-13-14-15-16-18-20-22-26-40-35(46)29(23-21-19-17-12-10-8-6-4-2)37(27-31(43)34(45)32(28-42)48-37)41-36(47)30(38)24-25-33(39)44/h29-32,34,42-43,45H,3-28,38H2,1-2H3,(H2,39,44)(H,40,46)(H,41,47)/t29?,30-,31+,32+,34-,37-/m0/s1. The summed E-state index contributed by atoms with van der Waals surface area (Å²) in [4.78, 5) is 38.5. The molecule has 1 unspecified atom stereocenters. The summed E-state index contributed by atoms with van der Waals surface area (Å²) >= 11 is 0. The molecule has 0 aliphatic carbocycles. The van der Waals surface area contributed by atoms with E-state index < -0.39 is 54.4 Å². The average molecular weight is 685 g/mol. The third kappa shape index (κ3) is 18.3. The van der Waals surface area contributed by atoms with Crippen LogP contribution >= 0.6 is 0 Å². The number of ether oxygens (including phenoxy) is 1. The molecule has 48 heavy (non-hydrogen) atoms. The summed E-state index contributed by atoms with van der Waals surface area (Å²) in [5, 5.41) is 37.2. The molecule has 1 aliphatic heterocycles. The number of aliphatic hydroxyl groups is 3. The summed E-state index contributed by atoms with van der Waals surface area (Å²) in [5.74, 6) is -2.47. The number of hydrogen-bond acceptors (Lipinski definition) is 8. The van der Waals surface area contributed by atoms with Crippen molar-refractivity contribution in [2.45, 2.75) is 198 Å². The number of nitrogens with one attached hydrogen (secondary N) is 2. The Balaban J connectivity index is 2.89. The van der Waals surface area contributed by atoms with E-state index >= 15 is 0 Å². The lowest BCUT2D eigenvalue weighted by atomic mass is 9.80. The van der Waals surface area contributed by atoms with Gasteiger partial charge in [0.05, 0.1) is 24.7 Å². The van der Waals surface area contributed by atoms with E-state index in [0.29, 0.717) is 19.4 Å². The zero-order valence-electron chi connectivity index (χ0n) is 30.4. The van der Waals surface area contributed by atoms with Crippen LogP contribution in [0.5, 0.6) is 0 Å². The van der Waals surface area contributed by atoms with Gasteiger partial charge < -0.3 is 42.2 Å². The minimum absolute atomic E-state index is 0.000291. The SMILES string of the molecule is CCCCCCCCCCCCCCNC(=O)C(CCCCCCCCCC)[C@]1(NC(=O)[C@@H](N)CCC(N)=O)C[C@@H](O)[C@H](O)[C@@H](CO)O1. The molecule has 11 nitrogen and oxygen atoms in total. The Kier molecular flexibility index (Phi) is 24.9. The van der Waals surface area contributed by atoms with Crippen molar-refractivity contribution in [3.05, 3.63) is 0 Å². The summed E-state index contributed by atoms with van der Waals surface area (Å²) < 4.78 is 6.18. The van der Waals surface area contributed by atoms with Crippen molar-refractivity contribution in [1.82, 2.24) is 10.6 Å². The van der Waals surface area contributed by atoms with Gasteiger partial charge >= 0.3 is 0 Å². The first kappa shape index (κ1) is 44.2. The number of rotatable bonds is 30. The molecular formula is C37H72N4O7. The van der Waals surface area contributed by atoms with E-state index in [1.54, 1.807) is 0 Å². The second kappa shape index (κ2) is 27.0. The Morgan fingerprint density at radius 3 is 1.71 bits per heavy atom. The van der Waals surface area contributed by atoms with Crippen molar-refractivity contribution < 1.29 is 34.4 Å². The first-order valence-corrected chi connectivity index (χ1v) is 19.4. The normalized spacial score (nSPS) is 22.2. The Morgan fingerprint density at radius 2 is 1.23 bits per heavy atom. The molecule has 0 aromatic heterocycles. The molecule has 0 saturated carbocycles. The van der Waals surface area contributed by atoms with Crippen molar-refractivity contribution in [3.8, 4) is 0 Å². The molecule has 1 fully saturated rings. The number of hydrogen-bond donors (Lipinski definition) is 7. The smallest absolute Gasteiger partial charge is 0.239 e. The van der Waals surface area contributed by atoms with Gasteiger partial charge in [-0.15, -0.1) is 0 Å². The molecule has 1 heterocycles. The largest absolute Gasteiger partial charge is 0.394 e. The second-order valence-corrected chi connectivity index (χ2v) is 14.1. The maximum Gasteiger partial charge on any atom is 0.239 e. The van der Waals surface area contributed by atoms with Gasteiger partial charge in [0.25, 0.3) is 0 Å². The molecule has 3 amide bonds. The Hall–Kier alpha value is -1.79. The minimum Gasteiger partial charge on any atom is -0.394 e. The van der Waals surface area contributed by atoms with Gasteiger partial charge in [0.15, 0.2) is 5.72 Å². The second-order valence-electron chi connectivity index (χ2n) is 14.1. The number of carbonyl (C=O) groups is 3. The van der Waals surface area contributed by atoms with Gasteiger partial charge in [0, 0.05) is 19.4 Å². The first-order valence-electron chi connectivity index (χ1n) is 19.4. The van der Waals surface area contributed by atoms with E-state index in [0.717, 1.165) is 38.5 Å². The van der Waals surface area contributed by atoms with E-state index in [-0.39, 0.29) is 25.2 Å². The Bertz CT molecular complexity index is 864. The van der Waals surface area contributed by atoms with E-state index in [2.05, 4.69) is 24.5 Å². The third-order valence-corrected chi connectivity index (χ3v) is 9.76. The number of amides is 3. The molecule has 0 spiro atoms. The van der Waals surface area contributed by atoms with Crippen molar-refractivity contribution in [2.24, 2.45) is 17.4 Å². The van der Waals surface area contributed by atoms with Crippen LogP contribution in [0.4, 0.5) is 0 Å². The summed E-state index contributed by atoms with van der Waals surface area (Å²) in [6, 6.07) is -1.11. The highest BCUT2D eigenvalue weighted by Crippen LogP contribution is 2.37. The number of aliphatic hydroxyl groups excluding tert-OH is 3. The van der Waals surface area contributed by atoms with Crippen LogP contribution in [0.25, 0.3) is 0 Å². The number of primary amides is 1. The highest BCUT2D eigenvalue weighted by atomic mass is 16.6. The van der Waals surface area contributed by atoms with Crippen LogP contribution in [0.3, 0.4) is 0 Å². The molecule has 11 heteroatoms. The Labute approximate surface area is 291 Å². The van der Waals surface area contributed by atoms with Gasteiger partial charge in [-0.05, 0) is 19.3 Å². The van der Waals surface area contributed by atoms with Crippen molar-refractivity contribution >= 4 is 17.7 Å². The van der Waals surface area contributed by atoms with Crippen LogP contribution < -0.4 is 22.1 Å². The van der Waals surface area contributed by atoms with Crippen LogP contribution in [-0.4, -0.2) is 76.3 Å². The van der Waals surface area contributed by atoms with Crippen LogP contribution in [0.15, 0.2) is 0 Å². The minimum atomic E-state index is -1.71. The van der Waals surface area contributed by atoms with E-state index in [1.165, 1.54) is 83.5 Å². The molecular weight excluding hydrogens is 612 g/mol. The molecule has 1 rings (SSSR count). The third-order valence-electron chi connectivity index (χ3n) is 9.76. The number of unbranched alkanes of at least 4 members (excludes halogenated alkanes) is 18. The molecule has 1 aliphatic rings. The van der Waals surface area contributed by atoms with Crippen LogP contribution in [0.1, 0.15) is 168 Å². The maximum absolute atomic E-state index is 13.9. The quantitative estimate of drug-likeness (QED) is 0.0521. The molecule has 6 atom stereocenters. The lowest BCUT2D eigenvalue weighted by molar-refractivity contribution is -0.250. The van der Waals surface area contributed by atoms with Crippen LogP contribution in [-0.2, 0) is 19.1 Å². The van der Waals surface area contributed by atoms with Gasteiger partial charge in [-0.1, -0.05) is 136 Å². The first-order chi connectivity index (χ1) is 23.1. The van der Waals surface area contributed by atoms with Gasteiger partial charge in [-0.3, -0.25) is 14.4 Å². The molecule has 282 valence electrons. The van der Waals surface area contributed by atoms with E-state index in [4.69, 9.17) is 16.2 Å². The predicted octanol–water partition coefficient (Wildman–Crippen LogP) is 4.86. The summed E-state index contributed by atoms with van der Waals surface area (Å²) in [6.45, 7) is 4.28. The van der Waals surface area contributed by atoms with Crippen molar-refractivity contribution in [1.29, 1.82) is 0 Å². The number of carbonyl (C=O) groups excluding carboxylic acids is 3. The van der Waals surface area contributed by atoms with E-state index in [9.17, 15) is 29.7 Å². The van der Waals surface area contributed by atoms with Crippen molar-refractivity contribution in [2.75, 3.05) is 13.2 Å². The lowest BCUT2D eigenvalue weighted by Gasteiger charge is -2.49. The topological polar surface area (TPSA) is 197 Å². The summed E-state index contributed by atoms with van der Waals surface area (Å²) in [7, 11) is 0. The molecule has 1 saturated heterocycles. The monoisotopic (exact) mass is 685 g/mol. The summed E-state index contributed by atoms with van der Waals surface area (Å²) in [5.41, 5.74) is 9.63. The Morgan fingerprint density at radius 1 is 0.750 bits per heavy atom. The van der Waals surface area contributed by atoms with Gasteiger partial charge in [-0.25, -0.2) is 0 Å².